The highest BCUT2D eigenvalue weighted by Gasteiger charge is 2.37. The maximum atomic E-state index is 13.8. The molecule has 0 spiro atoms. The van der Waals surface area contributed by atoms with Crippen molar-refractivity contribution in [2.24, 2.45) is 0 Å². The lowest BCUT2D eigenvalue weighted by molar-refractivity contribution is -0.178. The Bertz CT molecular complexity index is 297. The van der Waals surface area contributed by atoms with E-state index in [0.717, 1.165) is 4.90 Å². The molecule has 0 aromatic heterocycles. The second kappa shape index (κ2) is 5.83. The number of aliphatic hydroxyl groups excluding tert-OH is 1. The van der Waals surface area contributed by atoms with E-state index in [1.807, 2.05) is 0 Å². The highest BCUT2D eigenvalue weighted by molar-refractivity contribution is 5.77. The number of halogens is 4. The molecule has 1 atom stereocenters. The third-order valence-corrected chi connectivity index (χ3v) is 2.65. The van der Waals surface area contributed by atoms with E-state index in [4.69, 9.17) is 5.11 Å². The first-order chi connectivity index (χ1) is 8.26. The fourth-order valence-electron chi connectivity index (χ4n) is 1.77. The molecule has 1 rings (SSSR count). The van der Waals surface area contributed by atoms with E-state index in [-0.39, 0.29) is 19.5 Å². The van der Waals surface area contributed by atoms with Crippen molar-refractivity contribution in [3.05, 3.63) is 0 Å². The van der Waals surface area contributed by atoms with Gasteiger partial charge in [0.1, 0.15) is 13.2 Å². The number of likely N-dealkylation sites (tertiary alicyclic amines) is 1. The lowest BCUT2D eigenvalue weighted by Gasteiger charge is -2.36. The van der Waals surface area contributed by atoms with Crippen LogP contribution < -0.4 is 0 Å². The monoisotopic (exact) mass is 273 g/mol. The predicted molar refractivity (Wildman–Crippen MR) is 53.6 cm³/mol. The zero-order valence-corrected chi connectivity index (χ0v) is 9.67. The van der Waals surface area contributed by atoms with E-state index >= 15 is 0 Å². The Morgan fingerprint density at radius 2 is 2.11 bits per heavy atom. The number of nitrogens with zero attached hydrogens (tertiary/aromatic N) is 1. The van der Waals surface area contributed by atoms with Gasteiger partial charge in [-0.1, -0.05) is 0 Å². The summed E-state index contributed by atoms with van der Waals surface area (Å²) >= 11 is 0. The van der Waals surface area contributed by atoms with Crippen molar-refractivity contribution in [3.8, 4) is 0 Å². The van der Waals surface area contributed by atoms with Gasteiger partial charge in [0.2, 0.25) is 5.91 Å². The zero-order chi connectivity index (χ0) is 13.8. The molecule has 0 aromatic carbocycles. The van der Waals surface area contributed by atoms with Gasteiger partial charge < -0.3 is 14.7 Å². The fourth-order valence-corrected chi connectivity index (χ4v) is 1.77. The van der Waals surface area contributed by atoms with E-state index in [1.54, 1.807) is 0 Å². The third-order valence-electron chi connectivity index (χ3n) is 2.65. The Morgan fingerprint density at radius 1 is 1.44 bits per heavy atom. The maximum absolute atomic E-state index is 13.8. The molecule has 1 amide bonds. The van der Waals surface area contributed by atoms with Gasteiger partial charge in [-0.25, -0.2) is 4.39 Å². The van der Waals surface area contributed by atoms with Crippen molar-refractivity contribution in [1.29, 1.82) is 0 Å². The van der Waals surface area contributed by atoms with Gasteiger partial charge in [0.15, 0.2) is 5.67 Å². The Labute approximate surface area is 102 Å². The van der Waals surface area contributed by atoms with Crippen LogP contribution in [0.2, 0.25) is 0 Å². The van der Waals surface area contributed by atoms with Crippen LogP contribution in [-0.2, 0) is 9.53 Å². The van der Waals surface area contributed by atoms with Crippen molar-refractivity contribution < 1.29 is 32.2 Å². The number of hydrogen-bond acceptors (Lipinski definition) is 3. The first-order valence-corrected chi connectivity index (χ1v) is 5.48. The van der Waals surface area contributed by atoms with Gasteiger partial charge in [-0.05, 0) is 12.8 Å². The molecule has 4 nitrogen and oxygen atoms in total. The van der Waals surface area contributed by atoms with Crippen molar-refractivity contribution in [1.82, 2.24) is 4.90 Å². The minimum absolute atomic E-state index is 0.136. The molecular weight excluding hydrogens is 258 g/mol. The second-order valence-electron chi connectivity index (χ2n) is 4.34. The highest BCUT2D eigenvalue weighted by atomic mass is 19.4. The maximum Gasteiger partial charge on any atom is 0.411 e. The Balaban J connectivity index is 2.38. The van der Waals surface area contributed by atoms with Crippen LogP contribution in [0.15, 0.2) is 0 Å². The van der Waals surface area contributed by atoms with Crippen LogP contribution in [0.25, 0.3) is 0 Å². The number of aliphatic hydroxyl groups is 1. The van der Waals surface area contributed by atoms with E-state index in [1.165, 1.54) is 0 Å². The van der Waals surface area contributed by atoms with Crippen LogP contribution >= 0.6 is 0 Å². The Morgan fingerprint density at radius 3 is 2.67 bits per heavy atom. The second-order valence-corrected chi connectivity index (χ2v) is 4.34. The zero-order valence-electron chi connectivity index (χ0n) is 9.67. The van der Waals surface area contributed by atoms with Gasteiger partial charge in [0.25, 0.3) is 0 Å². The predicted octanol–water partition coefficient (Wildman–Crippen LogP) is 0.888. The largest absolute Gasteiger partial charge is 0.411 e. The van der Waals surface area contributed by atoms with E-state index in [2.05, 4.69) is 4.74 Å². The first-order valence-electron chi connectivity index (χ1n) is 5.48. The molecule has 1 N–H and O–H groups in total. The van der Waals surface area contributed by atoms with Crippen LogP contribution in [0.4, 0.5) is 17.6 Å². The number of ether oxygens (including phenoxy) is 1. The average Bonchev–Trinajstić information content (AvgIpc) is 2.27. The summed E-state index contributed by atoms with van der Waals surface area (Å²) in [5.41, 5.74) is -1.86. The summed E-state index contributed by atoms with van der Waals surface area (Å²) < 4.78 is 53.3. The lowest BCUT2D eigenvalue weighted by Crippen LogP contribution is -2.50. The first kappa shape index (κ1) is 15.2. The molecule has 0 aliphatic carbocycles. The number of carbonyl (C=O) groups is 1. The van der Waals surface area contributed by atoms with Gasteiger partial charge in [-0.3, -0.25) is 4.79 Å². The number of amides is 1. The molecule has 0 radical (unpaired) electrons. The molecule has 0 aromatic rings. The summed E-state index contributed by atoms with van der Waals surface area (Å²) in [5.74, 6) is -0.700. The van der Waals surface area contributed by atoms with E-state index in [9.17, 15) is 22.4 Å². The van der Waals surface area contributed by atoms with Crippen molar-refractivity contribution in [2.75, 3.05) is 32.9 Å². The van der Waals surface area contributed by atoms with Crippen LogP contribution in [-0.4, -0.2) is 60.7 Å². The third kappa shape index (κ3) is 4.77. The molecule has 1 saturated heterocycles. The van der Waals surface area contributed by atoms with Gasteiger partial charge in [0.05, 0.1) is 13.2 Å². The Hall–Kier alpha value is -0.890. The summed E-state index contributed by atoms with van der Waals surface area (Å²) in [4.78, 5) is 12.6. The van der Waals surface area contributed by atoms with Crippen molar-refractivity contribution in [3.63, 3.8) is 0 Å². The molecule has 8 heteroatoms. The molecule has 106 valence electrons. The van der Waals surface area contributed by atoms with Gasteiger partial charge in [0, 0.05) is 6.54 Å². The molecule has 0 saturated carbocycles. The minimum Gasteiger partial charge on any atom is -0.393 e. The lowest BCUT2D eigenvalue weighted by atomic mass is 9.95. The summed E-state index contributed by atoms with van der Waals surface area (Å²) in [7, 11) is 0. The summed E-state index contributed by atoms with van der Waals surface area (Å²) in [6.45, 7) is -2.99. The molecule has 18 heavy (non-hydrogen) atoms. The fraction of sp³-hybridized carbons (Fsp3) is 0.900. The van der Waals surface area contributed by atoms with Gasteiger partial charge in [-0.15, -0.1) is 0 Å². The molecule has 0 bridgehead atoms. The number of piperidine rings is 1. The van der Waals surface area contributed by atoms with Crippen LogP contribution in [0.5, 0.6) is 0 Å². The summed E-state index contributed by atoms with van der Waals surface area (Å²) in [6.07, 6.45) is -3.99. The molecule has 1 aliphatic rings. The minimum atomic E-state index is -4.49. The number of alkyl halides is 4. The van der Waals surface area contributed by atoms with Crippen molar-refractivity contribution >= 4 is 5.91 Å². The average molecular weight is 273 g/mol. The number of carbonyl (C=O) groups excluding carboxylic acids is 1. The molecule has 1 fully saturated rings. The molecular formula is C10H15F4NO3. The van der Waals surface area contributed by atoms with Gasteiger partial charge >= 0.3 is 6.18 Å². The molecule has 1 aliphatic heterocycles. The topological polar surface area (TPSA) is 49.8 Å². The summed E-state index contributed by atoms with van der Waals surface area (Å²) in [6, 6.07) is 0. The van der Waals surface area contributed by atoms with Crippen LogP contribution in [0.1, 0.15) is 12.8 Å². The van der Waals surface area contributed by atoms with Crippen LogP contribution in [0.3, 0.4) is 0 Å². The van der Waals surface area contributed by atoms with Crippen LogP contribution in [0, 0.1) is 0 Å². The number of rotatable bonds is 4. The normalized spacial score (nSPS) is 25.3. The summed E-state index contributed by atoms with van der Waals surface area (Å²) in [5, 5.41) is 8.84. The Kier molecular flexibility index (Phi) is 4.92. The standard InChI is InChI=1S/C10H15F4NO3/c11-9(6-16)2-1-3-15(5-9)8(17)4-18-7-10(12,13)14/h16H,1-7H2. The van der Waals surface area contributed by atoms with E-state index < -0.39 is 37.6 Å². The smallest absolute Gasteiger partial charge is 0.393 e. The van der Waals surface area contributed by atoms with E-state index in [0.29, 0.717) is 6.42 Å². The molecule has 1 unspecified atom stereocenters. The molecule has 1 heterocycles. The number of hydrogen-bond donors (Lipinski definition) is 1. The highest BCUT2D eigenvalue weighted by Crippen LogP contribution is 2.24. The SMILES string of the molecule is O=C(COCC(F)(F)F)N1CCCC(F)(CO)C1. The quantitative estimate of drug-likeness (QED) is 0.774. The van der Waals surface area contributed by atoms with Crippen molar-refractivity contribution in [2.45, 2.75) is 24.7 Å². The van der Waals surface area contributed by atoms with Gasteiger partial charge in [-0.2, -0.15) is 13.2 Å².